The second-order valence-corrected chi connectivity index (χ2v) is 4.39. The number of hydrogen-bond acceptors (Lipinski definition) is 4. The zero-order valence-corrected chi connectivity index (χ0v) is 11.5. The fourth-order valence-corrected chi connectivity index (χ4v) is 1.77. The maximum Gasteiger partial charge on any atom is 0.267 e. The van der Waals surface area contributed by atoms with Gasteiger partial charge in [0, 0.05) is 6.07 Å². The van der Waals surface area contributed by atoms with E-state index in [1.165, 1.54) is 31.6 Å². The molecule has 0 atom stereocenters. The van der Waals surface area contributed by atoms with Crippen molar-refractivity contribution in [2.75, 3.05) is 7.11 Å². The van der Waals surface area contributed by atoms with Gasteiger partial charge in [-0.1, -0.05) is 11.6 Å². The zero-order valence-electron chi connectivity index (χ0n) is 9.15. The van der Waals surface area contributed by atoms with Gasteiger partial charge < -0.3 is 9.47 Å². The van der Waals surface area contributed by atoms with Gasteiger partial charge in [-0.05, 0) is 28.1 Å². The average Bonchev–Trinajstić information content (AvgIpc) is 2.34. The molecule has 0 aliphatic heterocycles. The summed E-state index contributed by atoms with van der Waals surface area (Å²) in [6, 6.07) is 4.06. The number of nitrogens with zero attached hydrogens (tertiary/aromatic N) is 2. The molecule has 94 valence electrons. The predicted octanol–water partition coefficient (Wildman–Crippen LogP) is 3.83. The molecule has 0 radical (unpaired) electrons. The second-order valence-electron chi connectivity index (χ2n) is 3.18. The van der Waals surface area contributed by atoms with Crippen LogP contribution < -0.4 is 9.47 Å². The normalized spacial score (nSPS) is 10.2. The lowest BCUT2D eigenvalue weighted by Gasteiger charge is -2.10. The molecule has 7 heteroatoms. The van der Waals surface area contributed by atoms with Crippen LogP contribution in [0.1, 0.15) is 0 Å². The lowest BCUT2D eigenvalue weighted by molar-refractivity contribution is 0.365. The maximum atomic E-state index is 13.1. The van der Waals surface area contributed by atoms with E-state index < -0.39 is 5.82 Å². The van der Waals surface area contributed by atoms with E-state index in [1.807, 2.05) is 0 Å². The first kappa shape index (κ1) is 13.0. The Balaban J connectivity index is 2.40. The van der Waals surface area contributed by atoms with Crippen molar-refractivity contribution in [2.24, 2.45) is 0 Å². The molecule has 2 aromatic rings. The van der Waals surface area contributed by atoms with E-state index in [2.05, 4.69) is 25.9 Å². The Morgan fingerprint density at radius 2 is 2.11 bits per heavy atom. The summed E-state index contributed by atoms with van der Waals surface area (Å²) >= 11 is 9.07. The third-order valence-corrected chi connectivity index (χ3v) is 2.96. The Labute approximate surface area is 116 Å². The van der Waals surface area contributed by atoms with Crippen LogP contribution in [0.4, 0.5) is 4.39 Å². The Bertz CT molecular complexity index is 583. The van der Waals surface area contributed by atoms with Crippen LogP contribution in [0.25, 0.3) is 0 Å². The fourth-order valence-electron chi connectivity index (χ4n) is 1.24. The Morgan fingerprint density at radius 3 is 2.83 bits per heavy atom. The highest BCUT2D eigenvalue weighted by Crippen LogP contribution is 2.36. The van der Waals surface area contributed by atoms with Crippen molar-refractivity contribution in [1.29, 1.82) is 0 Å². The van der Waals surface area contributed by atoms with Crippen LogP contribution in [0.3, 0.4) is 0 Å². The molecule has 18 heavy (non-hydrogen) atoms. The van der Waals surface area contributed by atoms with Crippen molar-refractivity contribution in [2.45, 2.75) is 0 Å². The molecule has 0 aliphatic carbocycles. The summed E-state index contributed by atoms with van der Waals surface area (Å²) in [5.74, 6) is 0.148. The van der Waals surface area contributed by atoms with Gasteiger partial charge in [0.2, 0.25) is 5.75 Å². The quantitative estimate of drug-likeness (QED) is 0.801. The highest BCUT2D eigenvalue weighted by Gasteiger charge is 2.14. The van der Waals surface area contributed by atoms with Gasteiger partial charge in [-0.2, -0.15) is 4.98 Å². The lowest BCUT2D eigenvalue weighted by atomic mass is 10.3. The number of benzene rings is 1. The zero-order chi connectivity index (χ0) is 13.1. The Hall–Kier alpha value is -1.40. The van der Waals surface area contributed by atoms with Crippen molar-refractivity contribution >= 4 is 27.5 Å². The van der Waals surface area contributed by atoms with Gasteiger partial charge in [0.05, 0.1) is 11.6 Å². The first-order valence-electron chi connectivity index (χ1n) is 4.79. The smallest absolute Gasteiger partial charge is 0.267 e. The van der Waals surface area contributed by atoms with Crippen LogP contribution in [0.15, 0.2) is 29.0 Å². The molecule has 0 aliphatic rings. The molecule has 0 bridgehead atoms. The minimum absolute atomic E-state index is 0.115. The van der Waals surface area contributed by atoms with Gasteiger partial charge >= 0.3 is 0 Å². The first-order valence-corrected chi connectivity index (χ1v) is 5.96. The predicted molar refractivity (Wildman–Crippen MR) is 67.8 cm³/mol. The van der Waals surface area contributed by atoms with E-state index >= 15 is 0 Å². The van der Waals surface area contributed by atoms with Crippen LogP contribution in [-0.2, 0) is 0 Å². The van der Waals surface area contributed by atoms with Crippen LogP contribution in [-0.4, -0.2) is 17.1 Å². The van der Waals surface area contributed by atoms with Gasteiger partial charge in [-0.15, -0.1) is 0 Å². The molecule has 0 amide bonds. The third-order valence-electron chi connectivity index (χ3n) is 2.03. The molecule has 0 saturated carbocycles. The van der Waals surface area contributed by atoms with Crippen molar-refractivity contribution in [3.8, 4) is 17.4 Å². The number of hydrogen-bond donors (Lipinski definition) is 0. The van der Waals surface area contributed by atoms with Gasteiger partial charge in [-0.3, -0.25) is 0 Å². The van der Waals surface area contributed by atoms with Crippen LogP contribution >= 0.6 is 27.5 Å². The second kappa shape index (κ2) is 5.49. The van der Waals surface area contributed by atoms with Crippen LogP contribution in [0.5, 0.6) is 17.4 Å². The van der Waals surface area contributed by atoms with Crippen molar-refractivity contribution in [1.82, 2.24) is 9.97 Å². The van der Waals surface area contributed by atoms with E-state index in [0.717, 1.165) is 0 Å². The number of halogens is 3. The third kappa shape index (κ3) is 2.70. The first-order chi connectivity index (χ1) is 8.61. The minimum Gasteiger partial charge on any atom is -0.489 e. The summed E-state index contributed by atoms with van der Waals surface area (Å²) in [6.07, 6.45) is 1.23. The fraction of sp³-hybridized carbons (Fsp3) is 0.0909. The topological polar surface area (TPSA) is 44.2 Å². The maximum absolute atomic E-state index is 13.1. The van der Waals surface area contributed by atoms with E-state index in [4.69, 9.17) is 21.1 Å². The van der Waals surface area contributed by atoms with Crippen LogP contribution in [0.2, 0.25) is 5.15 Å². The van der Waals surface area contributed by atoms with E-state index in [1.54, 1.807) is 0 Å². The number of rotatable bonds is 3. The summed E-state index contributed by atoms with van der Waals surface area (Å²) in [7, 11) is 1.41. The summed E-state index contributed by atoms with van der Waals surface area (Å²) < 4.78 is 24.2. The van der Waals surface area contributed by atoms with Crippen molar-refractivity contribution < 1.29 is 13.9 Å². The Kier molecular flexibility index (Phi) is 3.98. The van der Waals surface area contributed by atoms with Crippen molar-refractivity contribution in [3.63, 3.8) is 0 Å². The van der Waals surface area contributed by atoms with Gasteiger partial charge in [0.15, 0.2) is 5.15 Å². The molecule has 0 fully saturated rings. The molecule has 1 heterocycles. The largest absolute Gasteiger partial charge is 0.489 e. The van der Waals surface area contributed by atoms with Crippen LogP contribution in [0, 0.1) is 5.82 Å². The lowest BCUT2D eigenvalue weighted by Crippen LogP contribution is -1.96. The summed E-state index contributed by atoms with van der Waals surface area (Å²) in [6.45, 7) is 0. The molecule has 4 nitrogen and oxygen atoms in total. The molecule has 1 aromatic carbocycles. The SMILES string of the molecule is COc1c(Cl)ncnc1Oc1cc(F)ccc1Br. The summed E-state index contributed by atoms with van der Waals surface area (Å²) in [5, 5.41) is 0.120. The molecule has 1 aromatic heterocycles. The van der Waals surface area contributed by atoms with Crippen molar-refractivity contribution in [3.05, 3.63) is 40.0 Å². The van der Waals surface area contributed by atoms with Gasteiger partial charge in [0.1, 0.15) is 17.9 Å². The highest BCUT2D eigenvalue weighted by molar-refractivity contribution is 9.10. The molecule has 0 unspecified atom stereocenters. The Morgan fingerprint density at radius 1 is 1.33 bits per heavy atom. The monoisotopic (exact) mass is 332 g/mol. The summed E-state index contributed by atoms with van der Waals surface area (Å²) in [5.41, 5.74) is 0. The molecular formula is C11H7BrClFN2O2. The number of methoxy groups -OCH3 is 1. The highest BCUT2D eigenvalue weighted by atomic mass is 79.9. The number of ether oxygens (including phenoxy) is 2. The molecule has 2 rings (SSSR count). The minimum atomic E-state index is -0.424. The standard InChI is InChI=1S/C11H7BrClFN2O2/c1-17-9-10(13)15-5-16-11(9)18-8-4-6(14)2-3-7(8)12/h2-5H,1H3. The van der Waals surface area contributed by atoms with Gasteiger partial charge in [0.25, 0.3) is 5.88 Å². The van der Waals surface area contributed by atoms with E-state index in [-0.39, 0.29) is 22.5 Å². The average molecular weight is 334 g/mol. The molecule has 0 N–H and O–H groups in total. The van der Waals surface area contributed by atoms with Gasteiger partial charge in [-0.25, -0.2) is 9.37 Å². The molecule has 0 spiro atoms. The van der Waals surface area contributed by atoms with E-state index in [9.17, 15) is 4.39 Å². The van der Waals surface area contributed by atoms with E-state index in [0.29, 0.717) is 4.47 Å². The summed E-state index contributed by atoms with van der Waals surface area (Å²) in [4.78, 5) is 7.65. The molecule has 0 saturated heterocycles. The molecular weight excluding hydrogens is 326 g/mol. The number of aromatic nitrogens is 2.